The minimum atomic E-state index is -0.277. The second-order valence-electron chi connectivity index (χ2n) is 4.86. The highest BCUT2D eigenvalue weighted by atomic mass is 127. The van der Waals surface area contributed by atoms with Gasteiger partial charge in [0.25, 0.3) is 0 Å². The van der Waals surface area contributed by atoms with Crippen molar-refractivity contribution in [3.63, 3.8) is 0 Å². The number of benzene rings is 2. The second kappa shape index (κ2) is 4.73. The monoisotopic (exact) mass is 381 g/mol. The van der Waals surface area contributed by atoms with Gasteiger partial charge in [-0.25, -0.2) is 9.37 Å². The molecule has 5 heteroatoms. The highest BCUT2D eigenvalue weighted by Gasteiger charge is 2.11. The summed E-state index contributed by atoms with van der Waals surface area (Å²) < 4.78 is 16.1. The van der Waals surface area contributed by atoms with Crippen LogP contribution in [0.5, 0.6) is 0 Å². The smallest absolute Gasteiger partial charge is 0.138 e. The Bertz CT molecular complexity index is 824. The normalized spacial score (nSPS) is 11.2. The lowest BCUT2D eigenvalue weighted by Gasteiger charge is -2.10. The molecule has 2 N–H and O–H groups in total. The van der Waals surface area contributed by atoms with Crippen molar-refractivity contribution in [1.82, 2.24) is 9.55 Å². The molecule has 1 aromatic heterocycles. The molecule has 0 radical (unpaired) electrons. The highest BCUT2D eigenvalue weighted by molar-refractivity contribution is 14.1. The lowest BCUT2D eigenvalue weighted by Crippen LogP contribution is -2.01. The van der Waals surface area contributed by atoms with E-state index in [4.69, 9.17) is 5.73 Å². The third kappa shape index (κ3) is 2.06. The van der Waals surface area contributed by atoms with Gasteiger partial charge in [-0.1, -0.05) is 0 Å². The number of halogens is 2. The van der Waals surface area contributed by atoms with Gasteiger partial charge in [-0.3, -0.25) is 4.57 Å². The lowest BCUT2D eigenvalue weighted by atomic mass is 10.1. The van der Waals surface area contributed by atoms with Gasteiger partial charge in [0.2, 0.25) is 0 Å². The van der Waals surface area contributed by atoms with Crippen LogP contribution in [0.4, 0.5) is 10.1 Å². The minimum absolute atomic E-state index is 0.277. The molecule has 20 heavy (non-hydrogen) atoms. The number of fused-ring (bicyclic) bond motifs is 1. The molecule has 0 amide bonds. The number of aryl methyl sites for hydroxylation is 2. The van der Waals surface area contributed by atoms with E-state index in [-0.39, 0.29) is 5.82 Å². The Kier molecular flexibility index (Phi) is 3.16. The Labute approximate surface area is 129 Å². The van der Waals surface area contributed by atoms with Crippen molar-refractivity contribution < 1.29 is 4.39 Å². The number of rotatable bonds is 1. The Morgan fingerprint density at radius 2 is 1.85 bits per heavy atom. The summed E-state index contributed by atoms with van der Waals surface area (Å²) in [7, 11) is 0. The van der Waals surface area contributed by atoms with Crippen LogP contribution in [0.1, 0.15) is 11.1 Å². The number of hydrogen-bond donors (Lipinski definition) is 1. The second-order valence-corrected chi connectivity index (χ2v) is 6.03. The molecule has 102 valence electrons. The summed E-state index contributed by atoms with van der Waals surface area (Å²) in [5.74, 6) is -0.277. The van der Waals surface area contributed by atoms with Gasteiger partial charge in [-0.05, 0) is 65.8 Å². The van der Waals surface area contributed by atoms with Crippen LogP contribution < -0.4 is 5.73 Å². The van der Waals surface area contributed by atoms with Crippen molar-refractivity contribution in [3.8, 4) is 5.69 Å². The topological polar surface area (TPSA) is 43.8 Å². The molecule has 3 rings (SSSR count). The molecule has 0 bridgehead atoms. The highest BCUT2D eigenvalue weighted by Crippen LogP contribution is 2.27. The molecule has 0 aliphatic heterocycles. The summed E-state index contributed by atoms with van der Waals surface area (Å²) in [6, 6.07) is 7.17. The predicted molar refractivity (Wildman–Crippen MR) is 87.6 cm³/mol. The van der Waals surface area contributed by atoms with E-state index in [1.54, 1.807) is 12.4 Å². The Morgan fingerprint density at radius 1 is 1.15 bits per heavy atom. The van der Waals surface area contributed by atoms with E-state index in [1.165, 1.54) is 17.2 Å². The molecular weight excluding hydrogens is 368 g/mol. The number of nitrogens with zero attached hydrogens (tertiary/aromatic N) is 2. The van der Waals surface area contributed by atoms with Gasteiger partial charge in [-0.15, -0.1) is 0 Å². The largest absolute Gasteiger partial charge is 0.397 e. The minimum Gasteiger partial charge on any atom is -0.397 e. The van der Waals surface area contributed by atoms with Crippen LogP contribution in [0.15, 0.2) is 30.6 Å². The van der Waals surface area contributed by atoms with E-state index < -0.39 is 0 Å². The molecule has 2 aromatic carbocycles. The third-order valence-corrected chi connectivity index (χ3v) is 4.32. The fourth-order valence-electron chi connectivity index (χ4n) is 2.22. The molecule has 0 unspecified atom stereocenters. The third-order valence-electron chi connectivity index (χ3n) is 3.49. The van der Waals surface area contributed by atoms with Crippen molar-refractivity contribution in [2.45, 2.75) is 13.8 Å². The van der Waals surface area contributed by atoms with E-state index in [0.717, 1.165) is 11.0 Å². The number of hydrogen-bond acceptors (Lipinski definition) is 2. The summed E-state index contributed by atoms with van der Waals surface area (Å²) in [5, 5.41) is 0. The number of aromatic nitrogens is 2. The van der Waals surface area contributed by atoms with Crippen LogP contribution in [0, 0.1) is 23.2 Å². The molecule has 0 aliphatic carbocycles. The first-order valence-corrected chi connectivity index (χ1v) is 7.24. The van der Waals surface area contributed by atoms with E-state index in [0.29, 0.717) is 14.9 Å². The molecule has 0 spiro atoms. The number of imidazole rings is 1. The first-order chi connectivity index (χ1) is 9.47. The van der Waals surface area contributed by atoms with Crippen LogP contribution in [-0.4, -0.2) is 9.55 Å². The Hall–Kier alpha value is -1.63. The number of anilines is 1. The van der Waals surface area contributed by atoms with Crippen LogP contribution in [0.2, 0.25) is 0 Å². The molecule has 0 saturated heterocycles. The summed E-state index contributed by atoms with van der Waals surface area (Å²) in [6.07, 6.45) is 1.68. The van der Waals surface area contributed by atoms with E-state index >= 15 is 0 Å². The Balaban J connectivity index is 2.30. The summed E-state index contributed by atoms with van der Waals surface area (Å²) in [6.45, 7) is 4.09. The molecule has 3 nitrogen and oxygen atoms in total. The lowest BCUT2D eigenvalue weighted by molar-refractivity contribution is 0.619. The standard InChI is InChI=1S/C15H13FIN3/c1-8-3-13-15(4-9(8)2)20(7-19-13)14-5-10(16)11(17)6-12(14)18/h3-7H,18H2,1-2H3. The van der Waals surface area contributed by atoms with Gasteiger partial charge in [0.1, 0.15) is 12.1 Å². The number of nitrogen functional groups attached to an aromatic ring is 1. The van der Waals surface area contributed by atoms with E-state index in [1.807, 2.05) is 53.1 Å². The fourth-order valence-corrected chi connectivity index (χ4v) is 2.71. The number of nitrogens with two attached hydrogens (primary N) is 1. The molecule has 0 saturated carbocycles. The maximum Gasteiger partial charge on any atom is 0.138 e. The maximum absolute atomic E-state index is 13.8. The maximum atomic E-state index is 13.8. The molecule has 3 aromatic rings. The summed E-state index contributed by atoms with van der Waals surface area (Å²) >= 11 is 1.93. The van der Waals surface area contributed by atoms with Gasteiger partial charge < -0.3 is 5.73 Å². The fraction of sp³-hybridized carbons (Fsp3) is 0.133. The van der Waals surface area contributed by atoms with Crippen molar-refractivity contribution in [3.05, 3.63) is 51.1 Å². The van der Waals surface area contributed by atoms with Crippen molar-refractivity contribution >= 4 is 39.3 Å². The summed E-state index contributed by atoms with van der Waals surface area (Å²) in [5.41, 5.74) is 11.3. The quantitative estimate of drug-likeness (QED) is 0.512. The molecule has 0 fully saturated rings. The zero-order chi connectivity index (χ0) is 14.4. The van der Waals surface area contributed by atoms with Crippen LogP contribution >= 0.6 is 22.6 Å². The molecular formula is C15H13FIN3. The summed E-state index contributed by atoms with van der Waals surface area (Å²) in [4.78, 5) is 4.37. The van der Waals surface area contributed by atoms with Gasteiger partial charge in [-0.2, -0.15) is 0 Å². The van der Waals surface area contributed by atoms with Crippen molar-refractivity contribution in [2.24, 2.45) is 0 Å². The van der Waals surface area contributed by atoms with Crippen LogP contribution in [-0.2, 0) is 0 Å². The average molecular weight is 381 g/mol. The zero-order valence-electron chi connectivity index (χ0n) is 11.1. The Morgan fingerprint density at radius 3 is 2.60 bits per heavy atom. The van der Waals surface area contributed by atoms with Gasteiger partial charge in [0.15, 0.2) is 0 Å². The van der Waals surface area contributed by atoms with Crippen LogP contribution in [0.3, 0.4) is 0 Å². The SMILES string of the molecule is Cc1cc2ncn(-c3cc(F)c(I)cc3N)c2cc1C. The van der Waals surface area contributed by atoms with Crippen molar-refractivity contribution in [1.29, 1.82) is 0 Å². The zero-order valence-corrected chi connectivity index (χ0v) is 13.3. The first kappa shape index (κ1) is 13.4. The predicted octanol–water partition coefficient (Wildman–Crippen LogP) is 3.97. The van der Waals surface area contributed by atoms with Crippen molar-refractivity contribution in [2.75, 3.05) is 5.73 Å². The van der Waals surface area contributed by atoms with Gasteiger partial charge >= 0.3 is 0 Å². The average Bonchev–Trinajstić information content (AvgIpc) is 2.77. The van der Waals surface area contributed by atoms with Gasteiger partial charge in [0, 0.05) is 6.07 Å². The van der Waals surface area contributed by atoms with E-state index in [9.17, 15) is 4.39 Å². The molecule has 1 heterocycles. The molecule has 0 atom stereocenters. The first-order valence-electron chi connectivity index (χ1n) is 6.16. The van der Waals surface area contributed by atoms with Crippen LogP contribution in [0.25, 0.3) is 16.7 Å². The van der Waals surface area contributed by atoms with Gasteiger partial charge in [0.05, 0.1) is 26.0 Å². The van der Waals surface area contributed by atoms with E-state index in [2.05, 4.69) is 4.98 Å². The molecule has 0 aliphatic rings.